The van der Waals surface area contributed by atoms with Crippen molar-refractivity contribution < 1.29 is 9.84 Å². The van der Waals surface area contributed by atoms with E-state index in [1.165, 1.54) is 5.56 Å². The van der Waals surface area contributed by atoms with Crippen molar-refractivity contribution >= 4 is 0 Å². The lowest BCUT2D eigenvalue weighted by Crippen LogP contribution is -2.27. The first-order chi connectivity index (χ1) is 8.08. The van der Waals surface area contributed by atoms with Crippen molar-refractivity contribution in [3.05, 3.63) is 29.8 Å². The molecule has 1 N–H and O–H groups in total. The summed E-state index contributed by atoms with van der Waals surface area (Å²) < 4.78 is 5.63. The fourth-order valence-corrected chi connectivity index (χ4v) is 1.47. The second-order valence-corrected chi connectivity index (χ2v) is 4.60. The van der Waals surface area contributed by atoms with Gasteiger partial charge in [-0.2, -0.15) is 0 Å². The Bertz CT molecular complexity index is 309. The molecule has 3 nitrogen and oxygen atoms in total. The van der Waals surface area contributed by atoms with Crippen molar-refractivity contribution in [1.29, 1.82) is 0 Å². The van der Waals surface area contributed by atoms with Gasteiger partial charge in [-0.05, 0) is 39.4 Å². The molecule has 1 atom stereocenters. The average Bonchev–Trinajstić information content (AvgIpc) is 2.29. The number of nitrogens with zero attached hydrogens (tertiary/aromatic N) is 1. The van der Waals surface area contributed by atoms with Crippen molar-refractivity contribution in [1.82, 2.24) is 4.90 Å². The van der Waals surface area contributed by atoms with Crippen LogP contribution in [0.5, 0.6) is 5.75 Å². The van der Waals surface area contributed by atoms with Crippen LogP contribution in [0.25, 0.3) is 0 Å². The minimum Gasteiger partial charge on any atom is -0.492 e. The summed E-state index contributed by atoms with van der Waals surface area (Å²) in [4.78, 5) is 2.17. The van der Waals surface area contributed by atoms with E-state index in [1.807, 2.05) is 38.2 Å². The normalized spacial score (nSPS) is 12.8. The molecule has 1 aromatic rings. The van der Waals surface area contributed by atoms with E-state index in [2.05, 4.69) is 11.8 Å². The van der Waals surface area contributed by atoms with Crippen LogP contribution in [0.1, 0.15) is 18.9 Å². The van der Waals surface area contributed by atoms with Crippen molar-refractivity contribution in [2.75, 3.05) is 26.7 Å². The number of aliphatic hydroxyl groups excluding tert-OH is 1. The van der Waals surface area contributed by atoms with Crippen LogP contribution in [0.4, 0.5) is 0 Å². The maximum absolute atomic E-state index is 9.17. The quantitative estimate of drug-likeness (QED) is 0.788. The van der Waals surface area contributed by atoms with Crippen LogP contribution in [0, 0.1) is 6.92 Å². The summed E-state index contributed by atoms with van der Waals surface area (Å²) in [5.74, 6) is 0.916. The highest BCUT2D eigenvalue weighted by molar-refractivity contribution is 5.26. The Morgan fingerprint density at radius 2 is 1.88 bits per heavy atom. The highest BCUT2D eigenvalue weighted by Crippen LogP contribution is 2.11. The minimum absolute atomic E-state index is 0.226. The molecule has 96 valence electrons. The van der Waals surface area contributed by atoms with Crippen LogP contribution in [-0.4, -0.2) is 42.9 Å². The number of hydrogen-bond acceptors (Lipinski definition) is 3. The molecule has 17 heavy (non-hydrogen) atoms. The molecule has 1 rings (SSSR count). The third-order valence-electron chi connectivity index (χ3n) is 2.69. The largest absolute Gasteiger partial charge is 0.492 e. The van der Waals surface area contributed by atoms with E-state index in [0.29, 0.717) is 6.61 Å². The smallest absolute Gasteiger partial charge is 0.119 e. The molecular formula is C14H23NO2. The summed E-state index contributed by atoms with van der Waals surface area (Å²) in [6, 6.07) is 8.08. The molecule has 0 fully saturated rings. The molecule has 0 saturated carbocycles. The van der Waals surface area contributed by atoms with Crippen molar-refractivity contribution in [2.24, 2.45) is 0 Å². The SMILES string of the molecule is Cc1ccc(OCCN(C)CCC(C)O)cc1. The fourth-order valence-electron chi connectivity index (χ4n) is 1.47. The van der Waals surface area contributed by atoms with E-state index >= 15 is 0 Å². The molecule has 0 bridgehead atoms. The summed E-state index contributed by atoms with van der Waals surface area (Å²) in [5, 5.41) is 9.17. The molecular weight excluding hydrogens is 214 g/mol. The molecule has 0 heterocycles. The number of likely N-dealkylation sites (N-methyl/N-ethyl adjacent to an activating group) is 1. The summed E-state index contributed by atoms with van der Waals surface area (Å²) in [6.07, 6.45) is 0.580. The van der Waals surface area contributed by atoms with Gasteiger partial charge in [-0.3, -0.25) is 0 Å². The zero-order chi connectivity index (χ0) is 12.7. The monoisotopic (exact) mass is 237 g/mol. The summed E-state index contributed by atoms with van der Waals surface area (Å²) in [5.41, 5.74) is 1.24. The van der Waals surface area contributed by atoms with E-state index < -0.39 is 0 Å². The molecule has 0 spiro atoms. The van der Waals surface area contributed by atoms with Gasteiger partial charge in [0.1, 0.15) is 12.4 Å². The van der Waals surface area contributed by atoms with Crippen molar-refractivity contribution in [3.8, 4) is 5.75 Å². The van der Waals surface area contributed by atoms with Gasteiger partial charge >= 0.3 is 0 Å². The Hall–Kier alpha value is -1.06. The molecule has 3 heteroatoms. The first-order valence-electron chi connectivity index (χ1n) is 6.14. The Morgan fingerprint density at radius 1 is 1.24 bits per heavy atom. The predicted molar refractivity (Wildman–Crippen MR) is 70.5 cm³/mol. The summed E-state index contributed by atoms with van der Waals surface area (Å²) in [7, 11) is 2.04. The molecule has 0 aliphatic heterocycles. The van der Waals surface area contributed by atoms with E-state index in [4.69, 9.17) is 4.74 Å². The zero-order valence-electron chi connectivity index (χ0n) is 11.0. The third-order valence-corrected chi connectivity index (χ3v) is 2.69. The van der Waals surface area contributed by atoms with Gasteiger partial charge < -0.3 is 14.7 Å². The van der Waals surface area contributed by atoms with E-state index in [0.717, 1.165) is 25.3 Å². The Kier molecular flexibility index (Phi) is 6.01. The van der Waals surface area contributed by atoms with Gasteiger partial charge in [-0.15, -0.1) is 0 Å². The minimum atomic E-state index is -0.226. The van der Waals surface area contributed by atoms with E-state index in [-0.39, 0.29) is 6.10 Å². The lowest BCUT2D eigenvalue weighted by Gasteiger charge is -2.17. The Morgan fingerprint density at radius 3 is 2.47 bits per heavy atom. The highest BCUT2D eigenvalue weighted by atomic mass is 16.5. The number of hydrogen-bond donors (Lipinski definition) is 1. The molecule has 1 aromatic carbocycles. The molecule has 0 saturated heterocycles. The van der Waals surface area contributed by atoms with Crippen LogP contribution in [0.3, 0.4) is 0 Å². The third kappa shape index (κ3) is 6.29. The Balaban J connectivity index is 2.16. The Labute approximate surface area is 104 Å². The number of ether oxygens (including phenoxy) is 1. The maximum atomic E-state index is 9.17. The average molecular weight is 237 g/mol. The topological polar surface area (TPSA) is 32.7 Å². The van der Waals surface area contributed by atoms with Gasteiger partial charge in [-0.1, -0.05) is 17.7 Å². The summed E-state index contributed by atoms with van der Waals surface area (Å²) >= 11 is 0. The number of aryl methyl sites for hydroxylation is 1. The molecule has 1 unspecified atom stereocenters. The first-order valence-corrected chi connectivity index (χ1v) is 6.14. The van der Waals surface area contributed by atoms with E-state index in [1.54, 1.807) is 0 Å². The standard InChI is InChI=1S/C14H23NO2/c1-12-4-6-14(7-5-12)17-11-10-15(3)9-8-13(2)16/h4-7,13,16H,8-11H2,1-3H3. The van der Waals surface area contributed by atoms with Crippen molar-refractivity contribution in [2.45, 2.75) is 26.4 Å². The van der Waals surface area contributed by atoms with Gasteiger partial charge in [0.25, 0.3) is 0 Å². The lowest BCUT2D eigenvalue weighted by molar-refractivity contribution is 0.157. The molecule has 0 amide bonds. The van der Waals surface area contributed by atoms with Gasteiger partial charge in [0.05, 0.1) is 6.10 Å². The van der Waals surface area contributed by atoms with Crippen LogP contribution < -0.4 is 4.74 Å². The summed E-state index contributed by atoms with van der Waals surface area (Å²) in [6.45, 7) is 6.33. The second kappa shape index (κ2) is 7.30. The van der Waals surface area contributed by atoms with Gasteiger partial charge in [0.2, 0.25) is 0 Å². The van der Waals surface area contributed by atoms with Crippen LogP contribution >= 0.6 is 0 Å². The first kappa shape index (κ1) is 14.0. The fraction of sp³-hybridized carbons (Fsp3) is 0.571. The second-order valence-electron chi connectivity index (χ2n) is 4.60. The molecule has 0 radical (unpaired) electrons. The van der Waals surface area contributed by atoms with Crippen LogP contribution in [-0.2, 0) is 0 Å². The molecule has 0 aromatic heterocycles. The molecule has 0 aliphatic rings. The molecule has 0 aliphatic carbocycles. The van der Waals surface area contributed by atoms with Crippen molar-refractivity contribution in [3.63, 3.8) is 0 Å². The number of benzene rings is 1. The highest BCUT2D eigenvalue weighted by Gasteiger charge is 2.01. The van der Waals surface area contributed by atoms with Gasteiger partial charge in [-0.25, -0.2) is 0 Å². The van der Waals surface area contributed by atoms with Crippen LogP contribution in [0.15, 0.2) is 24.3 Å². The number of aliphatic hydroxyl groups is 1. The van der Waals surface area contributed by atoms with Crippen LogP contribution in [0.2, 0.25) is 0 Å². The number of rotatable bonds is 7. The van der Waals surface area contributed by atoms with Gasteiger partial charge in [0.15, 0.2) is 0 Å². The van der Waals surface area contributed by atoms with E-state index in [9.17, 15) is 5.11 Å². The van der Waals surface area contributed by atoms with Gasteiger partial charge in [0, 0.05) is 13.1 Å². The zero-order valence-corrected chi connectivity index (χ0v) is 11.0. The lowest BCUT2D eigenvalue weighted by atomic mass is 10.2. The maximum Gasteiger partial charge on any atom is 0.119 e. The predicted octanol–water partition coefficient (Wildman–Crippen LogP) is 2.08.